The minimum atomic E-state index is -1.01. The molecule has 2 N–H and O–H groups in total. The third kappa shape index (κ3) is 2.93. The summed E-state index contributed by atoms with van der Waals surface area (Å²) in [7, 11) is 0. The quantitative estimate of drug-likeness (QED) is 0.187. The van der Waals surface area contributed by atoms with E-state index in [-0.39, 0.29) is 17.7 Å². The van der Waals surface area contributed by atoms with Crippen LogP contribution in [-0.2, 0) is 15.0 Å². The van der Waals surface area contributed by atoms with Crippen LogP contribution in [0.3, 0.4) is 0 Å². The van der Waals surface area contributed by atoms with Crippen molar-refractivity contribution in [2.45, 2.75) is 11.3 Å². The van der Waals surface area contributed by atoms with Crippen molar-refractivity contribution in [3.05, 3.63) is 125 Å². The monoisotopic (exact) mass is 527 g/mol. The van der Waals surface area contributed by atoms with E-state index >= 15 is 0 Å². The predicted molar refractivity (Wildman–Crippen MR) is 150 cm³/mol. The van der Waals surface area contributed by atoms with E-state index in [1.54, 1.807) is 6.21 Å². The zero-order valence-electron chi connectivity index (χ0n) is 21.1. The minimum Gasteiger partial charge on any atom is -0.323 e. The number of nitrogens with one attached hydrogen (secondary N) is 2. The number of para-hydroxylation sites is 2. The normalized spacial score (nSPS) is 24.4. The average molecular weight is 528 g/mol. The van der Waals surface area contributed by atoms with Gasteiger partial charge in [0.1, 0.15) is 5.82 Å². The number of carbonyl (C=O) groups is 2. The van der Waals surface area contributed by atoms with E-state index in [9.17, 15) is 14.0 Å². The Morgan fingerprint density at radius 2 is 1.50 bits per heavy atom. The van der Waals surface area contributed by atoms with Crippen molar-refractivity contribution in [3.63, 3.8) is 0 Å². The van der Waals surface area contributed by atoms with Gasteiger partial charge in [-0.25, -0.2) is 19.7 Å². The molecule has 2 bridgehead atoms. The molecule has 40 heavy (non-hydrogen) atoms. The highest BCUT2D eigenvalue weighted by Gasteiger charge is 2.68. The van der Waals surface area contributed by atoms with Crippen molar-refractivity contribution in [1.82, 2.24) is 9.97 Å². The molecule has 1 aromatic heterocycles. The Kier molecular flexibility index (Phi) is 4.68. The van der Waals surface area contributed by atoms with Gasteiger partial charge >= 0.3 is 0 Å². The number of amides is 2. The topological polar surface area (TPSA) is 90.4 Å². The van der Waals surface area contributed by atoms with Crippen LogP contribution in [0.25, 0.3) is 11.0 Å². The van der Waals surface area contributed by atoms with Crippen LogP contribution in [0.1, 0.15) is 28.2 Å². The number of anilines is 2. The molecule has 194 valence electrons. The fourth-order valence-corrected chi connectivity index (χ4v) is 7.10. The summed E-state index contributed by atoms with van der Waals surface area (Å²) in [4.78, 5) is 37.4. The maximum atomic E-state index is 14.3. The molecule has 2 amide bonds. The number of nitrogens with zero attached hydrogens (tertiary/aromatic N) is 3. The molecule has 2 atom stereocenters. The van der Waals surface area contributed by atoms with Crippen LogP contribution in [0.5, 0.6) is 0 Å². The summed E-state index contributed by atoms with van der Waals surface area (Å²) >= 11 is 0. The molecule has 1 saturated heterocycles. The SMILES string of the molecule is O=C1[C@@H]2[C@@H](C(=O)N1c1ccc(F)cc1)C1c3ccccc3C2(/C=N\Nc2nc3ccccc3[nH]2)c2ccccc21. The second-order valence-electron chi connectivity index (χ2n) is 10.5. The highest BCUT2D eigenvalue weighted by molar-refractivity contribution is 6.25. The second kappa shape index (κ2) is 8.19. The molecule has 0 spiro atoms. The molecule has 0 unspecified atom stereocenters. The number of halogens is 1. The molecule has 1 aliphatic heterocycles. The van der Waals surface area contributed by atoms with Crippen molar-refractivity contribution in [1.29, 1.82) is 0 Å². The van der Waals surface area contributed by atoms with Crippen LogP contribution in [0, 0.1) is 17.7 Å². The first-order chi connectivity index (χ1) is 19.6. The third-order valence-corrected chi connectivity index (χ3v) is 8.60. The summed E-state index contributed by atoms with van der Waals surface area (Å²) in [5.74, 6) is -2.18. The standard InChI is InChI=1S/C32H22FN5O2/c33-18-13-15-19(16-14-18)38-29(39)27-26-20-7-1-3-9-22(20)32(28(27)30(38)40,23-10-4-2-8-21(23)26)17-34-37-31-35-24-11-5-6-12-25(24)36-31/h1-17,26-28H,(H2,35,36,37)/b34-17-/t26?,27-,28-,32?/m0/s1. The number of hydrogen-bond donors (Lipinski definition) is 2. The van der Waals surface area contributed by atoms with Crippen LogP contribution < -0.4 is 10.3 Å². The molecule has 0 radical (unpaired) electrons. The van der Waals surface area contributed by atoms with Gasteiger partial charge in [-0.15, -0.1) is 0 Å². The Bertz CT molecular complexity index is 1800. The Labute approximate surface area is 228 Å². The van der Waals surface area contributed by atoms with Gasteiger partial charge in [0.25, 0.3) is 0 Å². The Morgan fingerprint density at radius 3 is 2.20 bits per heavy atom. The minimum absolute atomic E-state index is 0.279. The van der Waals surface area contributed by atoms with Gasteiger partial charge in [0.05, 0.1) is 34.0 Å². The van der Waals surface area contributed by atoms with Gasteiger partial charge in [0, 0.05) is 12.1 Å². The van der Waals surface area contributed by atoms with Gasteiger partial charge in [-0.3, -0.25) is 9.59 Å². The van der Waals surface area contributed by atoms with E-state index in [0.717, 1.165) is 33.3 Å². The van der Waals surface area contributed by atoms with E-state index < -0.39 is 23.1 Å². The number of imidazole rings is 1. The molecule has 0 saturated carbocycles. The lowest BCUT2D eigenvalue weighted by atomic mass is 9.47. The lowest BCUT2D eigenvalue weighted by Gasteiger charge is -2.52. The fraction of sp³-hybridized carbons (Fsp3) is 0.125. The van der Waals surface area contributed by atoms with Gasteiger partial charge in [-0.1, -0.05) is 60.7 Å². The highest BCUT2D eigenvalue weighted by Crippen LogP contribution is 2.63. The fourth-order valence-electron chi connectivity index (χ4n) is 7.10. The zero-order chi connectivity index (χ0) is 27.0. The molecule has 4 aromatic carbocycles. The van der Waals surface area contributed by atoms with E-state index in [4.69, 9.17) is 0 Å². The molecule has 8 heteroatoms. The molecule has 5 aromatic rings. The number of hydrazone groups is 1. The highest BCUT2D eigenvalue weighted by atomic mass is 19.1. The van der Waals surface area contributed by atoms with Gasteiger partial charge in [0.2, 0.25) is 17.8 Å². The summed E-state index contributed by atoms with van der Waals surface area (Å²) in [6, 6.07) is 29.2. The van der Waals surface area contributed by atoms with Crippen LogP contribution >= 0.6 is 0 Å². The number of aromatic amines is 1. The van der Waals surface area contributed by atoms with Crippen molar-refractivity contribution >= 4 is 40.7 Å². The van der Waals surface area contributed by atoms with Crippen molar-refractivity contribution in [2.75, 3.05) is 10.3 Å². The molecule has 1 fully saturated rings. The maximum Gasteiger partial charge on any atom is 0.239 e. The number of benzene rings is 4. The summed E-state index contributed by atoms with van der Waals surface area (Å²) in [5.41, 5.74) is 8.00. The van der Waals surface area contributed by atoms with Crippen molar-refractivity contribution < 1.29 is 14.0 Å². The first-order valence-corrected chi connectivity index (χ1v) is 13.1. The third-order valence-electron chi connectivity index (χ3n) is 8.60. The molecule has 3 aliphatic carbocycles. The number of carbonyl (C=O) groups excluding carboxylic acids is 2. The van der Waals surface area contributed by atoms with Gasteiger partial charge in [0.15, 0.2) is 0 Å². The van der Waals surface area contributed by atoms with E-state index in [2.05, 4.69) is 20.5 Å². The Hall–Kier alpha value is -5.11. The Morgan fingerprint density at radius 1 is 0.850 bits per heavy atom. The summed E-state index contributed by atoms with van der Waals surface area (Å²) in [6.45, 7) is 0. The van der Waals surface area contributed by atoms with E-state index in [0.29, 0.717) is 11.6 Å². The smallest absolute Gasteiger partial charge is 0.239 e. The summed E-state index contributed by atoms with van der Waals surface area (Å²) in [6.07, 6.45) is 1.77. The molecule has 2 heterocycles. The summed E-state index contributed by atoms with van der Waals surface area (Å²) in [5, 5.41) is 4.65. The molecule has 4 aliphatic rings. The first kappa shape index (κ1) is 22.8. The van der Waals surface area contributed by atoms with Gasteiger partial charge in [-0.05, 0) is 58.7 Å². The number of H-pyrrole nitrogens is 1. The van der Waals surface area contributed by atoms with Crippen molar-refractivity contribution in [2.24, 2.45) is 16.9 Å². The Balaban J connectivity index is 1.32. The zero-order valence-corrected chi connectivity index (χ0v) is 21.1. The van der Waals surface area contributed by atoms with Crippen LogP contribution in [0.15, 0.2) is 102 Å². The number of aromatic nitrogens is 2. The van der Waals surface area contributed by atoms with Crippen molar-refractivity contribution in [3.8, 4) is 0 Å². The number of imide groups is 1. The van der Waals surface area contributed by atoms with Gasteiger partial charge in [-0.2, -0.15) is 5.10 Å². The van der Waals surface area contributed by atoms with Crippen LogP contribution in [0.2, 0.25) is 0 Å². The van der Waals surface area contributed by atoms with Crippen LogP contribution in [-0.4, -0.2) is 28.0 Å². The largest absolute Gasteiger partial charge is 0.323 e. The van der Waals surface area contributed by atoms with Crippen LogP contribution in [0.4, 0.5) is 16.0 Å². The molecular formula is C32H22FN5O2. The van der Waals surface area contributed by atoms with E-state index in [1.165, 1.54) is 29.2 Å². The second-order valence-corrected chi connectivity index (χ2v) is 10.5. The lowest BCUT2D eigenvalue weighted by molar-refractivity contribution is -0.122. The van der Waals surface area contributed by atoms with E-state index in [1.807, 2.05) is 72.8 Å². The number of hydrogen-bond acceptors (Lipinski definition) is 5. The number of rotatable bonds is 4. The summed E-state index contributed by atoms with van der Waals surface area (Å²) < 4.78 is 13.7. The van der Waals surface area contributed by atoms with Gasteiger partial charge < -0.3 is 4.98 Å². The molecule has 7 nitrogen and oxygen atoms in total. The molecular weight excluding hydrogens is 505 g/mol. The maximum absolute atomic E-state index is 14.3. The lowest BCUT2D eigenvalue weighted by Crippen LogP contribution is -2.54. The first-order valence-electron chi connectivity index (χ1n) is 13.1. The molecule has 9 rings (SSSR count). The number of fused-ring (bicyclic) bond motifs is 1. The average Bonchev–Trinajstić information content (AvgIpc) is 3.52. The predicted octanol–water partition coefficient (Wildman–Crippen LogP) is 5.35.